The first-order valence-corrected chi connectivity index (χ1v) is 13.3. The van der Waals surface area contributed by atoms with E-state index in [9.17, 15) is 19.5 Å². The number of hydrogen-bond donors (Lipinski definition) is 3. The van der Waals surface area contributed by atoms with Crippen LogP contribution in [-0.4, -0.2) is 79.4 Å². The second-order valence-electron chi connectivity index (χ2n) is 9.86. The number of benzene rings is 2. The van der Waals surface area contributed by atoms with E-state index >= 15 is 0 Å². The minimum Gasteiger partial charge on any atom is -0.391 e. The van der Waals surface area contributed by atoms with E-state index < -0.39 is 30.0 Å². The van der Waals surface area contributed by atoms with Gasteiger partial charge in [0.25, 0.3) is 5.91 Å². The molecule has 3 N–H and O–H groups in total. The number of carbonyl (C=O) groups is 3. The number of para-hydroxylation sites is 1. The molecule has 40 heavy (non-hydrogen) atoms. The highest BCUT2D eigenvalue weighted by molar-refractivity contribution is 6.31. The fraction of sp³-hybridized carbons (Fsp3) is 0.276. The summed E-state index contributed by atoms with van der Waals surface area (Å²) in [6.45, 7) is 0.221. The number of carbonyl (C=O) groups excluding carboxylic acids is 3. The Morgan fingerprint density at radius 2 is 1.93 bits per heavy atom. The highest BCUT2D eigenvalue weighted by atomic mass is 35.5. The van der Waals surface area contributed by atoms with Gasteiger partial charge < -0.3 is 25.2 Å². The Labute approximate surface area is 236 Å². The Kier molecular flexibility index (Phi) is 8.09. The lowest BCUT2D eigenvalue weighted by atomic mass is 10.0. The predicted molar refractivity (Wildman–Crippen MR) is 149 cm³/mol. The van der Waals surface area contributed by atoms with Crippen LogP contribution in [0.3, 0.4) is 0 Å². The monoisotopic (exact) mass is 560 g/mol. The normalized spacial score (nSPS) is 17.5. The van der Waals surface area contributed by atoms with Crippen molar-refractivity contribution in [2.75, 3.05) is 13.6 Å². The first-order chi connectivity index (χ1) is 19.3. The molecule has 3 unspecified atom stereocenters. The molecule has 0 bridgehead atoms. The molecule has 1 aliphatic rings. The molecule has 3 atom stereocenters. The van der Waals surface area contributed by atoms with Gasteiger partial charge in [0.15, 0.2) is 0 Å². The van der Waals surface area contributed by atoms with Crippen LogP contribution in [0, 0.1) is 0 Å². The summed E-state index contributed by atoms with van der Waals surface area (Å²) in [4.78, 5) is 54.5. The van der Waals surface area contributed by atoms with Crippen molar-refractivity contribution in [3.8, 4) is 0 Å². The van der Waals surface area contributed by atoms with E-state index in [2.05, 4.69) is 20.3 Å². The van der Waals surface area contributed by atoms with E-state index in [1.54, 1.807) is 13.1 Å². The standard InChI is InChI=1S/C29H29ClN6O4/c1-35(16-18-6-2-4-8-22(18)30)28(39)24(12-19-14-33-23-9-5-3-7-21(19)23)34-27(38)26-13-20(37)17-36(26)29(40)25-15-31-10-11-32-25/h2-11,14-15,20,24,26,33,37H,12-13,16-17H2,1H3,(H,34,38). The molecule has 0 spiro atoms. The summed E-state index contributed by atoms with van der Waals surface area (Å²) in [7, 11) is 1.66. The topological polar surface area (TPSA) is 132 Å². The number of H-pyrrole nitrogens is 1. The summed E-state index contributed by atoms with van der Waals surface area (Å²) in [5.41, 5.74) is 2.62. The summed E-state index contributed by atoms with van der Waals surface area (Å²) in [5, 5.41) is 14.7. The third-order valence-corrected chi connectivity index (χ3v) is 7.45. The molecule has 1 aliphatic heterocycles. The van der Waals surface area contributed by atoms with Gasteiger partial charge in [-0.1, -0.05) is 48.0 Å². The van der Waals surface area contributed by atoms with Crippen molar-refractivity contribution in [2.24, 2.45) is 0 Å². The van der Waals surface area contributed by atoms with Crippen LogP contribution in [0.25, 0.3) is 10.9 Å². The number of nitrogens with zero attached hydrogens (tertiary/aromatic N) is 4. The summed E-state index contributed by atoms with van der Waals surface area (Å²) in [6, 6.07) is 13.1. The molecule has 4 aromatic rings. The maximum Gasteiger partial charge on any atom is 0.274 e. The Morgan fingerprint density at radius 3 is 2.70 bits per heavy atom. The second kappa shape index (κ2) is 11.8. The molecule has 3 amide bonds. The number of likely N-dealkylation sites (tertiary alicyclic amines) is 1. The molecular weight excluding hydrogens is 532 g/mol. The lowest BCUT2D eigenvalue weighted by molar-refractivity contribution is -0.136. The van der Waals surface area contributed by atoms with Crippen LogP contribution in [0.2, 0.25) is 5.02 Å². The van der Waals surface area contributed by atoms with Gasteiger partial charge in [-0.2, -0.15) is 0 Å². The van der Waals surface area contributed by atoms with Crippen LogP contribution in [-0.2, 0) is 22.6 Å². The summed E-state index contributed by atoms with van der Waals surface area (Å²) in [6.07, 6.45) is 5.35. The smallest absolute Gasteiger partial charge is 0.274 e. The molecule has 0 radical (unpaired) electrons. The zero-order valence-electron chi connectivity index (χ0n) is 21.8. The maximum atomic E-state index is 13.8. The third kappa shape index (κ3) is 5.83. The van der Waals surface area contributed by atoms with E-state index in [0.29, 0.717) is 5.02 Å². The van der Waals surface area contributed by atoms with Crippen LogP contribution in [0.5, 0.6) is 0 Å². The number of rotatable bonds is 8. The number of amides is 3. The number of halogens is 1. The molecule has 2 aromatic carbocycles. The first-order valence-electron chi connectivity index (χ1n) is 12.9. The number of β-amino-alcohol motifs (C(OH)–C–C–N with tert-alkyl or cyclic N) is 1. The molecular formula is C29H29ClN6O4. The van der Waals surface area contributed by atoms with Crippen molar-refractivity contribution in [1.29, 1.82) is 0 Å². The van der Waals surface area contributed by atoms with Gasteiger partial charge in [0, 0.05) is 67.5 Å². The average Bonchev–Trinajstić information content (AvgIpc) is 3.57. The van der Waals surface area contributed by atoms with Gasteiger partial charge in [-0.3, -0.25) is 19.4 Å². The van der Waals surface area contributed by atoms with Crippen molar-refractivity contribution in [2.45, 2.75) is 37.6 Å². The van der Waals surface area contributed by atoms with Crippen molar-refractivity contribution in [3.63, 3.8) is 0 Å². The maximum absolute atomic E-state index is 13.8. The number of fused-ring (bicyclic) bond motifs is 1. The molecule has 10 nitrogen and oxygen atoms in total. The van der Waals surface area contributed by atoms with Gasteiger partial charge >= 0.3 is 0 Å². The van der Waals surface area contributed by atoms with Crippen molar-refractivity contribution in [3.05, 3.63) is 95.2 Å². The van der Waals surface area contributed by atoms with Crippen molar-refractivity contribution < 1.29 is 19.5 Å². The van der Waals surface area contributed by atoms with Crippen LogP contribution in [0.4, 0.5) is 0 Å². The van der Waals surface area contributed by atoms with Crippen LogP contribution >= 0.6 is 11.6 Å². The van der Waals surface area contributed by atoms with Gasteiger partial charge in [-0.05, 0) is 23.3 Å². The lowest BCUT2D eigenvalue weighted by Gasteiger charge is -2.28. The predicted octanol–water partition coefficient (Wildman–Crippen LogP) is 2.57. The van der Waals surface area contributed by atoms with Crippen molar-refractivity contribution >= 4 is 40.2 Å². The Morgan fingerprint density at radius 1 is 1.15 bits per heavy atom. The largest absolute Gasteiger partial charge is 0.391 e. The molecule has 5 rings (SSSR count). The minimum atomic E-state index is -0.975. The van der Waals surface area contributed by atoms with Gasteiger partial charge in [0.05, 0.1) is 12.3 Å². The van der Waals surface area contributed by atoms with Crippen LogP contribution < -0.4 is 5.32 Å². The SMILES string of the molecule is CN(Cc1ccccc1Cl)C(=O)C(Cc1c[nH]c2ccccc12)NC(=O)C1CC(O)CN1C(=O)c1cnccn1. The van der Waals surface area contributed by atoms with E-state index in [4.69, 9.17) is 11.6 Å². The average molecular weight is 561 g/mol. The number of aliphatic hydroxyl groups excluding tert-OH is 1. The molecule has 3 heterocycles. The van der Waals surface area contributed by atoms with Gasteiger partial charge in [-0.25, -0.2) is 4.98 Å². The Hall–Kier alpha value is -4.28. The number of aromatic nitrogens is 3. The first kappa shape index (κ1) is 27.3. The van der Waals surface area contributed by atoms with E-state index in [1.807, 2.05) is 48.7 Å². The van der Waals surface area contributed by atoms with E-state index in [1.165, 1.54) is 28.4 Å². The van der Waals surface area contributed by atoms with E-state index in [0.717, 1.165) is 22.0 Å². The second-order valence-corrected chi connectivity index (χ2v) is 10.3. The number of aliphatic hydroxyl groups is 1. The number of likely N-dealkylation sites (N-methyl/N-ethyl adjacent to an activating group) is 1. The molecule has 2 aromatic heterocycles. The highest BCUT2D eigenvalue weighted by Gasteiger charge is 2.41. The van der Waals surface area contributed by atoms with Gasteiger partial charge in [0.1, 0.15) is 17.8 Å². The minimum absolute atomic E-state index is 0.0268. The van der Waals surface area contributed by atoms with E-state index in [-0.39, 0.29) is 37.5 Å². The summed E-state index contributed by atoms with van der Waals surface area (Å²) >= 11 is 6.33. The molecule has 1 fully saturated rings. The third-order valence-electron chi connectivity index (χ3n) is 7.08. The fourth-order valence-corrected chi connectivity index (χ4v) is 5.25. The number of nitrogens with one attached hydrogen (secondary N) is 2. The highest BCUT2D eigenvalue weighted by Crippen LogP contribution is 2.23. The summed E-state index contributed by atoms with van der Waals surface area (Å²) in [5.74, 6) is -1.36. The number of hydrogen-bond acceptors (Lipinski definition) is 6. The van der Waals surface area contributed by atoms with Crippen LogP contribution in [0.15, 0.2) is 73.3 Å². The lowest BCUT2D eigenvalue weighted by Crippen LogP contribution is -2.54. The molecule has 0 aliphatic carbocycles. The zero-order valence-corrected chi connectivity index (χ0v) is 22.6. The number of aromatic amines is 1. The fourth-order valence-electron chi connectivity index (χ4n) is 5.06. The molecule has 11 heteroatoms. The molecule has 206 valence electrons. The summed E-state index contributed by atoms with van der Waals surface area (Å²) < 4.78 is 0. The van der Waals surface area contributed by atoms with Crippen LogP contribution in [0.1, 0.15) is 28.0 Å². The molecule has 1 saturated heterocycles. The van der Waals surface area contributed by atoms with Crippen molar-refractivity contribution in [1.82, 2.24) is 30.1 Å². The van der Waals surface area contributed by atoms with Gasteiger partial charge in [-0.15, -0.1) is 0 Å². The Balaban J connectivity index is 1.40. The zero-order chi connectivity index (χ0) is 28.2. The molecule has 0 saturated carbocycles. The Bertz CT molecular complexity index is 1530. The van der Waals surface area contributed by atoms with Gasteiger partial charge in [0.2, 0.25) is 11.8 Å². The quantitative estimate of drug-likeness (QED) is 0.303.